The first-order valence-corrected chi connectivity index (χ1v) is 9.64. The predicted octanol–water partition coefficient (Wildman–Crippen LogP) is 4.39. The first kappa shape index (κ1) is 20.2. The van der Waals surface area contributed by atoms with Crippen LogP contribution in [0.15, 0.2) is 54.6 Å². The molecule has 0 fully saturated rings. The van der Waals surface area contributed by atoms with E-state index < -0.39 is 0 Å². The van der Waals surface area contributed by atoms with Crippen molar-refractivity contribution in [3.63, 3.8) is 0 Å². The van der Waals surface area contributed by atoms with Crippen LogP contribution in [0.2, 0.25) is 0 Å². The summed E-state index contributed by atoms with van der Waals surface area (Å²) in [4.78, 5) is 28.8. The monoisotopic (exact) mass is 417 g/mol. The third-order valence-corrected chi connectivity index (χ3v) is 4.70. The van der Waals surface area contributed by atoms with Crippen molar-refractivity contribution in [2.45, 2.75) is 20.8 Å². The Labute approximate surface area is 177 Å². The number of nitrogens with zero attached hydrogens (tertiary/aromatic N) is 3. The lowest BCUT2D eigenvalue weighted by atomic mass is 10.1. The Kier molecular flexibility index (Phi) is 5.21. The Balaban J connectivity index is 1.72. The van der Waals surface area contributed by atoms with Crippen LogP contribution in [0.25, 0.3) is 16.7 Å². The summed E-state index contributed by atoms with van der Waals surface area (Å²) < 4.78 is 15.3. The van der Waals surface area contributed by atoms with Gasteiger partial charge in [-0.2, -0.15) is 5.10 Å². The normalized spacial score (nSPS) is 10.8. The number of nitrogens with one attached hydrogen (secondary N) is 2. The minimum atomic E-state index is -0.382. The highest BCUT2D eigenvalue weighted by Crippen LogP contribution is 2.26. The lowest BCUT2D eigenvalue weighted by Crippen LogP contribution is -2.13. The highest BCUT2D eigenvalue weighted by atomic mass is 19.1. The third-order valence-electron chi connectivity index (χ3n) is 4.70. The van der Waals surface area contributed by atoms with Crippen molar-refractivity contribution in [2.75, 3.05) is 10.6 Å². The number of carbonyl (C=O) groups is 2. The zero-order valence-corrected chi connectivity index (χ0v) is 17.2. The van der Waals surface area contributed by atoms with Gasteiger partial charge in [0.15, 0.2) is 5.65 Å². The van der Waals surface area contributed by atoms with Crippen LogP contribution < -0.4 is 10.6 Å². The molecule has 0 saturated carbocycles. The number of halogens is 1. The number of pyridine rings is 1. The van der Waals surface area contributed by atoms with E-state index in [0.29, 0.717) is 45.0 Å². The number of anilines is 2. The maximum absolute atomic E-state index is 13.7. The van der Waals surface area contributed by atoms with Crippen molar-refractivity contribution in [1.82, 2.24) is 14.8 Å². The molecule has 0 saturated heterocycles. The van der Waals surface area contributed by atoms with Crippen LogP contribution >= 0.6 is 0 Å². The Morgan fingerprint density at radius 1 is 0.968 bits per heavy atom. The summed E-state index contributed by atoms with van der Waals surface area (Å²) in [5.74, 6) is -0.867. The van der Waals surface area contributed by atoms with Gasteiger partial charge in [-0.25, -0.2) is 14.1 Å². The number of aryl methyl sites for hydroxylation is 2. The minimum absolute atomic E-state index is 0.169. The van der Waals surface area contributed by atoms with Gasteiger partial charge in [0.2, 0.25) is 5.91 Å². The number of rotatable bonds is 4. The van der Waals surface area contributed by atoms with Gasteiger partial charge in [-0.1, -0.05) is 6.07 Å². The number of fused-ring (bicyclic) bond motifs is 1. The summed E-state index contributed by atoms with van der Waals surface area (Å²) >= 11 is 0. The maximum Gasteiger partial charge on any atom is 0.256 e. The van der Waals surface area contributed by atoms with Crippen LogP contribution in [0.4, 0.5) is 15.8 Å². The molecule has 2 N–H and O–H groups in total. The van der Waals surface area contributed by atoms with E-state index in [1.165, 1.54) is 19.1 Å². The van der Waals surface area contributed by atoms with E-state index in [9.17, 15) is 14.0 Å². The number of hydrogen-bond acceptors (Lipinski definition) is 4. The molecule has 4 aromatic rings. The number of aromatic nitrogens is 3. The molecule has 0 aliphatic rings. The molecule has 0 spiro atoms. The van der Waals surface area contributed by atoms with Gasteiger partial charge in [-0.05, 0) is 62.4 Å². The molecule has 0 unspecified atom stereocenters. The van der Waals surface area contributed by atoms with E-state index in [4.69, 9.17) is 0 Å². The molecule has 7 nitrogen and oxygen atoms in total. The average molecular weight is 417 g/mol. The zero-order chi connectivity index (χ0) is 22.1. The Bertz CT molecular complexity index is 1310. The lowest BCUT2D eigenvalue weighted by Gasteiger charge is -2.09. The molecule has 0 atom stereocenters. The highest BCUT2D eigenvalue weighted by molar-refractivity contribution is 6.12. The van der Waals surface area contributed by atoms with Crippen molar-refractivity contribution in [3.05, 3.63) is 77.4 Å². The summed E-state index contributed by atoms with van der Waals surface area (Å²) in [6.07, 6.45) is 0. The van der Waals surface area contributed by atoms with Crippen LogP contribution in [0.1, 0.15) is 28.7 Å². The average Bonchev–Trinajstić information content (AvgIpc) is 3.04. The molecule has 0 aliphatic heterocycles. The molecule has 2 amide bonds. The Hall–Kier alpha value is -4.07. The van der Waals surface area contributed by atoms with Crippen molar-refractivity contribution >= 4 is 34.2 Å². The largest absolute Gasteiger partial charge is 0.326 e. The van der Waals surface area contributed by atoms with Gasteiger partial charge in [0.25, 0.3) is 5.91 Å². The fourth-order valence-corrected chi connectivity index (χ4v) is 3.42. The second kappa shape index (κ2) is 7.98. The molecular formula is C23H20FN5O2. The highest BCUT2D eigenvalue weighted by Gasteiger charge is 2.20. The van der Waals surface area contributed by atoms with Gasteiger partial charge in [0, 0.05) is 24.0 Å². The predicted molar refractivity (Wildman–Crippen MR) is 117 cm³/mol. The van der Waals surface area contributed by atoms with E-state index in [-0.39, 0.29) is 17.6 Å². The van der Waals surface area contributed by atoms with E-state index in [1.807, 2.05) is 0 Å². The number of carbonyl (C=O) groups excluding carboxylic acids is 2. The van der Waals surface area contributed by atoms with Gasteiger partial charge in [0.05, 0.1) is 22.3 Å². The summed E-state index contributed by atoms with van der Waals surface area (Å²) in [5, 5.41) is 10.6. The summed E-state index contributed by atoms with van der Waals surface area (Å²) in [6.45, 7) is 5.00. The molecule has 2 aromatic carbocycles. The molecular weight excluding hydrogens is 397 g/mol. The van der Waals surface area contributed by atoms with Crippen molar-refractivity contribution in [2.24, 2.45) is 0 Å². The molecule has 156 valence electrons. The zero-order valence-electron chi connectivity index (χ0n) is 17.2. The van der Waals surface area contributed by atoms with Crippen LogP contribution in [-0.4, -0.2) is 26.6 Å². The Morgan fingerprint density at radius 2 is 1.65 bits per heavy atom. The maximum atomic E-state index is 13.7. The molecule has 2 heterocycles. The van der Waals surface area contributed by atoms with Gasteiger partial charge in [-0.3, -0.25) is 9.59 Å². The number of hydrogen-bond donors (Lipinski definition) is 2. The van der Waals surface area contributed by atoms with Crippen molar-refractivity contribution in [3.8, 4) is 5.69 Å². The van der Waals surface area contributed by atoms with Gasteiger partial charge >= 0.3 is 0 Å². The third kappa shape index (κ3) is 4.13. The van der Waals surface area contributed by atoms with Gasteiger partial charge < -0.3 is 10.6 Å². The van der Waals surface area contributed by atoms with E-state index in [2.05, 4.69) is 20.7 Å². The summed E-state index contributed by atoms with van der Waals surface area (Å²) in [5.41, 5.74) is 3.89. The molecule has 0 aliphatic carbocycles. The van der Waals surface area contributed by atoms with Crippen LogP contribution in [0.5, 0.6) is 0 Å². The SMILES string of the molecule is CC(=O)Nc1ccc(NC(=O)c2cc(C)nc3c2c(C)nn3-c2cccc(F)c2)cc1. The number of amides is 2. The molecule has 8 heteroatoms. The van der Waals surface area contributed by atoms with E-state index in [0.717, 1.165) is 0 Å². The number of benzene rings is 2. The van der Waals surface area contributed by atoms with E-state index >= 15 is 0 Å². The fourth-order valence-electron chi connectivity index (χ4n) is 3.42. The summed E-state index contributed by atoms with van der Waals surface area (Å²) in [6, 6.07) is 14.6. The second-order valence-electron chi connectivity index (χ2n) is 7.20. The van der Waals surface area contributed by atoms with E-state index in [1.54, 1.807) is 61.0 Å². The molecule has 0 radical (unpaired) electrons. The van der Waals surface area contributed by atoms with Crippen LogP contribution in [0.3, 0.4) is 0 Å². The van der Waals surface area contributed by atoms with Crippen molar-refractivity contribution < 1.29 is 14.0 Å². The van der Waals surface area contributed by atoms with Crippen LogP contribution in [0, 0.1) is 19.7 Å². The van der Waals surface area contributed by atoms with Gasteiger partial charge in [0.1, 0.15) is 5.82 Å². The lowest BCUT2D eigenvalue weighted by molar-refractivity contribution is -0.114. The summed E-state index contributed by atoms with van der Waals surface area (Å²) in [7, 11) is 0. The second-order valence-corrected chi connectivity index (χ2v) is 7.20. The molecule has 31 heavy (non-hydrogen) atoms. The van der Waals surface area contributed by atoms with Gasteiger partial charge in [-0.15, -0.1) is 0 Å². The van der Waals surface area contributed by atoms with Crippen molar-refractivity contribution in [1.29, 1.82) is 0 Å². The molecule has 0 bridgehead atoms. The molecule has 4 rings (SSSR count). The van der Waals surface area contributed by atoms with Crippen LogP contribution in [-0.2, 0) is 4.79 Å². The first-order valence-electron chi connectivity index (χ1n) is 9.64. The topological polar surface area (TPSA) is 88.9 Å². The molecule has 2 aromatic heterocycles. The standard InChI is InChI=1S/C23H20FN5O2/c1-13-11-20(23(31)27-18-9-7-17(8-10-18)26-15(3)30)21-14(2)28-29(22(21)25-13)19-6-4-5-16(24)12-19/h4-12H,1-3H3,(H,26,30)(H,27,31). The quantitative estimate of drug-likeness (QED) is 0.516. The first-order chi connectivity index (χ1) is 14.8. The Morgan fingerprint density at radius 3 is 2.29 bits per heavy atom. The fraction of sp³-hybridized carbons (Fsp3) is 0.130. The smallest absolute Gasteiger partial charge is 0.256 e. The minimum Gasteiger partial charge on any atom is -0.326 e.